The predicted octanol–water partition coefficient (Wildman–Crippen LogP) is 3.70. The van der Waals surface area contributed by atoms with Crippen LogP contribution in [0.25, 0.3) is 17.0 Å². The molecule has 0 unspecified atom stereocenters. The Morgan fingerprint density at radius 3 is 2.68 bits per heavy atom. The second-order valence-corrected chi connectivity index (χ2v) is 6.70. The van der Waals surface area contributed by atoms with Gasteiger partial charge in [0.2, 0.25) is 0 Å². The lowest BCUT2D eigenvalue weighted by molar-refractivity contribution is 0.146. The maximum atomic E-state index is 11.6. The third kappa shape index (κ3) is 3.71. The molecule has 3 rings (SSSR count). The van der Waals surface area contributed by atoms with Crippen molar-refractivity contribution in [1.82, 2.24) is 4.90 Å². The molecule has 2 aromatic rings. The van der Waals surface area contributed by atoms with Crippen LogP contribution in [0.15, 0.2) is 33.5 Å². The van der Waals surface area contributed by atoms with Crippen molar-refractivity contribution in [3.8, 4) is 11.5 Å². The topological polar surface area (TPSA) is 51.9 Å². The van der Waals surface area contributed by atoms with Crippen molar-refractivity contribution >= 4 is 17.0 Å². The van der Waals surface area contributed by atoms with Gasteiger partial charge in [-0.2, -0.15) is 0 Å². The molecule has 134 valence electrons. The molecule has 0 atom stereocenters. The first-order valence-corrected chi connectivity index (χ1v) is 8.78. The lowest BCUT2D eigenvalue weighted by atomic mass is 10.00. The van der Waals surface area contributed by atoms with E-state index in [1.54, 1.807) is 6.07 Å². The molecule has 0 spiro atoms. The standard InChI is InChI=1S/C20H25NO4/c1-5-21(6-2)11-12-23-16-13-14-7-8-17(22)24-18(14)15-9-10-20(3,4)25-19(15)16/h7-10,13H,5-6,11-12H2,1-4H3. The smallest absolute Gasteiger partial charge is 0.336 e. The highest BCUT2D eigenvalue weighted by molar-refractivity contribution is 5.91. The van der Waals surface area contributed by atoms with Crippen molar-refractivity contribution in [2.75, 3.05) is 26.2 Å². The van der Waals surface area contributed by atoms with Gasteiger partial charge < -0.3 is 18.8 Å². The molecule has 2 heterocycles. The highest BCUT2D eigenvalue weighted by Crippen LogP contribution is 2.43. The van der Waals surface area contributed by atoms with Crippen molar-refractivity contribution < 1.29 is 13.9 Å². The Kier molecular flexibility index (Phi) is 4.86. The van der Waals surface area contributed by atoms with Crippen LogP contribution in [0.1, 0.15) is 33.3 Å². The molecular weight excluding hydrogens is 318 g/mol. The second kappa shape index (κ2) is 6.92. The van der Waals surface area contributed by atoms with Gasteiger partial charge in [0.1, 0.15) is 17.8 Å². The molecule has 0 fully saturated rings. The fourth-order valence-corrected chi connectivity index (χ4v) is 2.96. The summed E-state index contributed by atoms with van der Waals surface area (Å²) in [4.78, 5) is 13.9. The molecule has 0 radical (unpaired) electrons. The van der Waals surface area contributed by atoms with Gasteiger partial charge in [-0.05, 0) is 51.2 Å². The van der Waals surface area contributed by atoms with Gasteiger partial charge in [0.05, 0.1) is 5.56 Å². The van der Waals surface area contributed by atoms with Gasteiger partial charge in [0.15, 0.2) is 11.5 Å². The van der Waals surface area contributed by atoms with Gasteiger partial charge >= 0.3 is 5.63 Å². The van der Waals surface area contributed by atoms with E-state index in [1.807, 2.05) is 32.1 Å². The summed E-state index contributed by atoms with van der Waals surface area (Å²) in [6.07, 6.45) is 3.91. The maximum Gasteiger partial charge on any atom is 0.336 e. The number of rotatable bonds is 6. The van der Waals surface area contributed by atoms with Crippen LogP contribution < -0.4 is 15.1 Å². The molecular formula is C20H25NO4. The van der Waals surface area contributed by atoms with E-state index in [2.05, 4.69) is 18.7 Å². The zero-order valence-corrected chi connectivity index (χ0v) is 15.3. The minimum Gasteiger partial charge on any atom is -0.488 e. The minimum atomic E-state index is -0.438. The summed E-state index contributed by atoms with van der Waals surface area (Å²) in [7, 11) is 0. The maximum absolute atomic E-state index is 11.6. The normalized spacial score (nSPS) is 15.2. The number of fused-ring (bicyclic) bond motifs is 3. The Morgan fingerprint density at radius 1 is 1.20 bits per heavy atom. The molecule has 0 bridgehead atoms. The van der Waals surface area contributed by atoms with Crippen molar-refractivity contribution in [3.63, 3.8) is 0 Å². The number of nitrogens with zero attached hydrogens (tertiary/aromatic N) is 1. The van der Waals surface area contributed by atoms with Gasteiger partial charge in [-0.25, -0.2) is 4.79 Å². The number of likely N-dealkylation sites (N-methyl/N-ethyl adjacent to an activating group) is 1. The van der Waals surface area contributed by atoms with E-state index in [4.69, 9.17) is 13.9 Å². The molecule has 1 aliphatic rings. The van der Waals surface area contributed by atoms with Crippen LogP contribution in [0.2, 0.25) is 0 Å². The Balaban J connectivity index is 1.99. The van der Waals surface area contributed by atoms with Gasteiger partial charge in [0, 0.05) is 18.0 Å². The fourth-order valence-electron chi connectivity index (χ4n) is 2.96. The van der Waals surface area contributed by atoms with Gasteiger partial charge in [0.25, 0.3) is 0 Å². The highest BCUT2D eigenvalue weighted by atomic mass is 16.5. The summed E-state index contributed by atoms with van der Waals surface area (Å²) in [5, 5.41) is 0.823. The van der Waals surface area contributed by atoms with Crippen molar-refractivity contribution in [1.29, 1.82) is 0 Å². The van der Waals surface area contributed by atoms with Crippen LogP contribution in [0.5, 0.6) is 11.5 Å². The van der Waals surface area contributed by atoms with Crippen molar-refractivity contribution in [2.45, 2.75) is 33.3 Å². The summed E-state index contributed by atoms with van der Waals surface area (Å²) in [5.74, 6) is 1.31. The van der Waals surface area contributed by atoms with E-state index in [9.17, 15) is 4.79 Å². The number of benzene rings is 1. The van der Waals surface area contributed by atoms with Crippen LogP contribution in [0.4, 0.5) is 0 Å². The molecule has 0 N–H and O–H groups in total. The Bertz CT molecular complexity index is 847. The Morgan fingerprint density at radius 2 is 1.96 bits per heavy atom. The zero-order chi connectivity index (χ0) is 18.0. The third-order valence-corrected chi connectivity index (χ3v) is 4.44. The van der Waals surface area contributed by atoms with Gasteiger partial charge in [-0.3, -0.25) is 0 Å². The monoisotopic (exact) mass is 343 g/mol. The molecule has 1 aromatic carbocycles. The largest absolute Gasteiger partial charge is 0.488 e. The molecule has 0 aliphatic carbocycles. The predicted molar refractivity (Wildman–Crippen MR) is 99.5 cm³/mol. The molecule has 5 heteroatoms. The van der Waals surface area contributed by atoms with Crippen LogP contribution in [0.3, 0.4) is 0 Å². The van der Waals surface area contributed by atoms with Gasteiger partial charge in [-0.1, -0.05) is 13.8 Å². The summed E-state index contributed by atoms with van der Waals surface area (Å²) in [5.41, 5.74) is 0.480. The average molecular weight is 343 g/mol. The molecule has 1 aromatic heterocycles. The van der Waals surface area contributed by atoms with E-state index in [1.165, 1.54) is 6.07 Å². The fraction of sp³-hybridized carbons (Fsp3) is 0.450. The second-order valence-electron chi connectivity index (χ2n) is 6.70. The molecule has 25 heavy (non-hydrogen) atoms. The summed E-state index contributed by atoms with van der Waals surface area (Å²) < 4.78 is 17.6. The first-order chi connectivity index (χ1) is 11.9. The molecule has 0 amide bonds. The first-order valence-electron chi connectivity index (χ1n) is 8.78. The molecule has 0 saturated heterocycles. The van der Waals surface area contributed by atoms with E-state index in [-0.39, 0.29) is 5.63 Å². The van der Waals surface area contributed by atoms with Gasteiger partial charge in [-0.15, -0.1) is 0 Å². The van der Waals surface area contributed by atoms with Crippen LogP contribution in [0, 0.1) is 0 Å². The number of hydrogen-bond donors (Lipinski definition) is 0. The van der Waals surface area contributed by atoms with Crippen LogP contribution >= 0.6 is 0 Å². The average Bonchev–Trinajstić information content (AvgIpc) is 2.58. The Labute approximate surface area is 147 Å². The summed E-state index contributed by atoms with van der Waals surface area (Å²) in [6.45, 7) is 11.7. The van der Waals surface area contributed by atoms with Crippen molar-refractivity contribution in [3.05, 3.63) is 40.3 Å². The van der Waals surface area contributed by atoms with E-state index in [0.29, 0.717) is 23.7 Å². The lowest BCUT2D eigenvalue weighted by Gasteiger charge is -2.29. The van der Waals surface area contributed by atoms with Crippen molar-refractivity contribution in [2.24, 2.45) is 0 Å². The molecule has 1 aliphatic heterocycles. The summed E-state index contributed by atoms with van der Waals surface area (Å²) in [6, 6.07) is 5.06. The molecule has 5 nitrogen and oxygen atoms in total. The zero-order valence-electron chi connectivity index (χ0n) is 15.3. The van der Waals surface area contributed by atoms with E-state index >= 15 is 0 Å². The lowest BCUT2D eigenvalue weighted by Crippen LogP contribution is -2.29. The molecule has 0 saturated carbocycles. The first kappa shape index (κ1) is 17.5. The quantitative estimate of drug-likeness (QED) is 0.749. The third-order valence-electron chi connectivity index (χ3n) is 4.44. The minimum absolute atomic E-state index is 0.372. The number of ether oxygens (including phenoxy) is 2. The summed E-state index contributed by atoms with van der Waals surface area (Å²) >= 11 is 0. The highest BCUT2D eigenvalue weighted by Gasteiger charge is 2.27. The van der Waals surface area contributed by atoms with E-state index < -0.39 is 5.60 Å². The Hall–Kier alpha value is -2.27. The SMILES string of the molecule is CCN(CC)CCOc1cc2ccc(=O)oc2c2c1OC(C)(C)C=C2. The number of hydrogen-bond acceptors (Lipinski definition) is 5. The van der Waals surface area contributed by atoms with Crippen LogP contribution in [-0.4, -0.2) is 36.7 Å². The van der Waals surface area contributed by atoms with Crippen LogP contribution in [-0.2, 0) is 0 Å². The van der Waals surface area contributed by atoms with E-state index in [0.717, 1.165) is 30.6 Å².